The second-order valence-corrected chi connectivity index (χ2v) is 4.60. The third-order valence-electron chi connectivity index (χ3n) is 2.58. The summed E-state index contributed by atoms with van der Waals surface area (Å²) in [6.07, 6.45) is -1.53. The van der Waals surface area contributed by atoms with E-state index >= 15 is 0 Å². The molecule has 20 heavy (non-hydrogen) atoms. The molecule has 3 N–H and O–H groups in total. The van der Waals surface area contributed by atoms with Crippen LogP contribution in [0.15, 0.2) is 18.2 Å². The van der Waals surface area contributed by atoms with Crippen molar-refractivity contribution in [1.82, 2.24) is 10.6 Å². The molecular formula is C13H17ClN2O4. The number of aliphatic hydroxyl groups is 1. The molecule has 0 fully saturated rings. The first-order valence-electron chi connectivity index (χ1n) is 6.02. The summed E-state index contributed by atoms with van der Waals surface area (Å²) in [6.45, 7) is 3.11. The van der Waals surface area contributed by atoms with E-state index in [9.17, 15) is 14.7 Å². The van der Waals surface area contributed by atoms with E-state index in [0.717, 1.165) is 0 Å². The van der Waals surface area contributed by atoms with Crippen LogP contribution in [0, 0.1) is 0 Å². The molecule has 0 aliphatic rings. The van der Waals surface area contributed by atoms with E-state index in [2.05, 4.69) is 10.6 Å². The van der Waals surface area contributed by atoms with Gasteiger partial charge in [0.05, 0.1) is 11.1 Å². The normalized spacial score (nSPS) is 13.2. The predicted molar refractivity (Wildman–Crippen MR) is 74.8 cm³/mol. The Kier molecular flexibility index (Phi) is 5.79. The summed E-state index contributed by atoms with van der Waals surface area (Å²) in [5.41, 5.74) is 0.643. The van der Waals surface area contributed by atoms with Gasteiger partial charge in [0, 0.05) is 7.05 Å². The number of amides is 3. The second-order valence-electron chi connectivity index (χ2n) is 4.19. The van der Waals surface area contributed by atoms with Crippen LogP contribution in [0.25, 0.3) is 0 Å². The summed E-state index contributed by atoms with van der Waals surface area (Å²) in [4.78, 5) is 22.6. The molecule has 0 saturated carbocycles. The molecule has 110 valence electrons. The molecule has 1 rings (SSSR count). The predicted octanol–water partition coefficient (Wildman–Crippen LogP) is 1.62. The standard InChI is InChI=1S/C13H17ClN2O4/c1-7(17)9-4-5-11(10(14)6-9)20-8(2)12(18)16-13(19)15-3/h4-8,17H,1-3H3,(H2,15,16,18,19)/t7-,8?/m0/s1. The minimum Gasteiger partial charge on any atom is -0.479 e. The molecule has 0 spiro atoms. The number of imide groups is 1. The number of benzene rings is 1. The summed E-state index contributed by atoms with van der Waals surface area (Å²) in [5, 5.41) is 14.1. The number of hydrogen-bond acceptors (Lipinski definition) is 4. The lowest BCUT2D eigenvalue weighted by Crippen LogP contribution is -2.43. The molecule has 0 bridgehead atoms. The summed E-state index contributed by atoms with van der Waals surface area (Å²) >= 11 is 6.01. The van der Waals surface area contributed by atoms with Crippen molar-refractivity contribution in [3.8, 4) is 5.75 Å². The number of carbonyl (C=O) groups is 2. The van der Waals surface area contributed by atoms with Crippen molar-refractivity contribution < 1.29 is 19.4 Å². The minimum atomic E-state index is -0.887. The summed E-state index contributed by atoms with van der Waals surface area (Å²) in [7, 11) is 1.40. The SMILES string of the molecule is CNC(=O)NC(=O)C(C)Oc1ccc([C@H](C)O)cc1Cl. The van der Waals surface area contributed by atoms with Gasteiger partial charge in [-0.25, -0.2) is 4.79 Å². The Labute approximate surface area is 122 Å². The van der Waals surface area contributed by atoms with Crippen molar-refractivity contribution in [2.75, 3.05) is 7.05 Å². The van der Waals surface area contributed by atoms with E-state index in [1.807, 2.05) is 0 Å². The summed E-state index contributed by atoms with van der Waals surface area (Å²) < 4.78 is 5.38. The molecule has 1 aromatic carbocycles. The summed E-state index contributed by atoms with van der Waals surface area (Å²) in [5.74, 6) is -0.282. The average Bonchev–Trinajstić information content (AvgIpc) is 2.40. The Balaban J connectivity index is 2.73. The highest BCUT2D eigenvalue weighted by Crippen LogP contribution is 2.28. The van der Waals surface area contributed by atoms with E-state index in [4.69, 9.17) is 16.3 Å². The van der Waals surface area contributed by atoms with E-state index < -0.39 is 24.1 Å². The van der Waals surface area contributed by atoms with Crippen LogP contribution in [0.3, 0.4) is 0 Å². The number of carbonyl (C=O) groups excluding carboxylic acids is 2. The summed E-state index contributed by atoms with van der Waals surface area (Å²) in [6, 6.07) is 4.16. The number of halogens is 1. The molecule has 2 atom stereocenters. The van der Waals surface area contributed by atoms with Crippen molar-refractivity contribution in [3.05, 3.63) is 28.8 Å². The fourth-order valence-corrected chi connectivity index (χ4v) is 1.63. The van der Waals surface area contributed by atoms with Gasteiger partial charge in [-0.1, -0.05) is 17.7 Å². The lowest BCUT2D eigenvalue weighted by molar-refractivity contribution is -0.126. The van der Waals surface area contributed by atoms with Crippen LogP contribution < -0.4 is 15.4 Å². The van der Waals surface area contributed by atoms with Crippen molar-refractivity contribution in [2.45, 2.75) is 26.1 Å². The van der Waals surface area contributed by atoms with Gasteiger partial charge in [-0.3, -0.25) is 10.1 Å². The van der Waals surface area contributed by atoms with Gasteiger partial charge >= 0.3 is 6.03 Å². The lowest BCUT2D eigenvalue weighted by atomic mass is 10.1. The number of aliphatic hydroxyl groups excluding tert-OH is 1. The van der Waals surface area contributed by atoms with Crippen molar-refractivity contribution in [3.63, 3.8) is 0 Å². The molecule has 0 heterocycles. The van der Waals surface area contributed by atoms with Gasteiger partial charge in [0.2, 0.25) is 0 Å². The zero-order valence-corrected chi connectivity index (χ0v) is 12.2. The van der Waals surface area contributed by atoms with Gasteiger partial charge in [-0.15, -0.1) is 0 Å². The number of ether oxygens (including phenoxy) is 1. The Morgan fingerprint density at radius 3 is 2.50 bits per heavy atom. The van der Waals surface area contributed by atoms with Crippen LogP contribution in [0.2, 0.25) is 5.02 Å². The first-order chi connectivity index (χ1) is 9.35. The molecule has 0 aromatic heterocycles. The number of nitrogens with one attached hydrogen (secondary N) is 2. The lowest BCUT2D eigenvalue weighted by Gasteiger charge is -2.16. The highest BCUT2D eigenvalue weighted by atomic mass is 35.5. The molecule has 0 saturated heterocycles. The van der Waals surface area contributed by atoms with E-state index in [-0.39, 0.29) is 5.02 Å². The number of urea groups is 1. The molecule has 3 amide bonds. The van der Waals surface area contributed by atoms with Gasteiger partial charge in [-0.2, -0.15) is 0 Å². The van der Waals surface area contributed by atoms with Gasteiger partial charge in [0.15, 0.2) is 6.10 Å². The Morgan fingerprint density at radius 2 is 2.00 bits per heavy atom. The Hall–Kier alpha value is -1.79. The van der Waals surface area contributed by atoms with Crippen LogP contribution in [0.1, 0.15) is 25.5 Å². The Bertz CT molecular complexity index is 505. The maximum Gasteiger partial charge on any atom is 0.321 e. The van der Waals surface area contributed by atoms with Crippen LogP contribution >= 0.6 is 11.6 Å². The Morgan fingerprint density at radius 1 is 1.35 bits per heavy atom. The van der Waals surface area contributed by atoms with Gasteiger partial charge in [0.1, 0.15) is 5.75 Å². The molecule has 0 radical (unpaired) electrons. The molecular weight excluding hydrogens is 284 g/mol. The quantitative estimate of drug-likeness (QED) is 0.788. The van der Waals surface area contributed by atoms with Crippen LogP contribution in [-0.2, 0) is 4.79 Å². The largest absolute Gasteiger partial charge is 0.479 e. The third kappa shape index (κ3) is 4.40. The van der Waals surface area contributed by atoms with Crippen LogP contribution in [0.5, 0.6) is 5.75 Å². The van der Waals surface area contributed by atoms with E-state index in [0.29, 0.717) is 11.3 Å². The van der Waals surface area contributed by atoms with Crippen molar-refractivity contribution in [1.29, 1.82) is 0 Å². The molecule has 0 aliphatic carbocycles. The smallest absolute Gasteiger partial charge is 0.321 e. The topological polar surface area (TPSA) is 87.7 Å². The van der Waals surface area contributed by atoms with E-state index in [1.54, 1.807) is 25.1 Å². The second kappa shape index (κ2) is 7.12. The molecule has 1 aromatic rings. The highest BCUT2D eigenvalue weighted by Gasteiger charge is 2.18. The van der Waals surface area contributed by atoms with E-state index in [1.165, 1.54) is 14.0 Å². The molecule has 6 nitrogen and oxygen atoms in total. The first-order valence-corrected chi connectivity index (χ1v) is 6.39. The van der Waals surface area contributed by atoms with Crippen molar-refractivity contribution >= 4 is 23.5 Å². The molecule has 7 heteroatoms. The first kappa shape index (κ1) is 16.3. The number of rotatable bonds is 4. The molecule has 1 unspecified atom stereocenters. The maximum absolute atomic E-state index is 11.6. The zero-order valence-electron chi connectivity index (χ0n) is 11.4. The highest BCUT2D eigenvalue weighted by molar-refractivity contribution is 6.32. The van der Waals surface area contributed by atoms with Crippen LogP contribution in [-0.4, -0.2) is 30.2 Å². The van der Waals surface area contributed by atoms with Gasteiger partial charge < -0.3 is 15.2 Å². The number of hydrogen-bond donors (Lipinski definition) is 3. The fraction of sp³-hybridized carbons (Fsp3) is 0.385. The monoisotopic (exact) mass is 300 g/mol. The molecule has 0 aliphatic heterocycles. The zero-order chi connectivity index (χ0) is 15.3. The van der Waals surface area contributed by atoms with Gasteiger partial charge in [-0.05, 0) is 31.5 Å². The maximum atomic E-state index is 11.6. The van der Waals surface area contributed by atoms with Crippen molar-refractivity contribution in [2.24, 2.45) is 0 Å². The average molecular weight is 301 g/mol. The third-order valence-corrected chi connectivity index (χ3v) is 2.87. The van der Waals surface area contributed by atoms with Crippen LogP contribution in [0.4, 0.5) is 4.79 Å². The van der Waals surface area contributed by atoms with Gasteiger partial charge in [0.25, 0.3) is 5.91 Å². The minimum absolute atomic E-state index is 0.281. The fourth-order valence-electron chi connectivity index (χ4n) is 1.39.